The SMILES string of the molecule is CN1C(=O)c2cc(NC(=O)c3cccs3)ccc2OC[C@@H]2O[C@@H](CC(=O)N3CCOCC3)CC[C@@H]21. The van der Waals surface area contributed by atoms with Crippen LogP contribution >= 0.6 is 11.3 Å². The number of nitrogens with one attached hydrogen (secondary N) is 1. The Hall–Kier alpha value is -2.95. The van der Waals surface area contributed by atoms with Crippen LogP contribution in [0.3, 0.4) is 0 Å². The monoisotopic (exact) mass is 499 g/mol. The Morgan fingerprint density at radius 2 is 2.00 bits per heavy atom. The molecule has 9 nitrogen and oxygen atoms in total. The molecule has 186 valence electrons. The molecule has 1 aromatic carbocycles. The fraction of sp³-hybridized carbons (Fsp3) is 0.480. The third-order valence-corrected chi connectivity index (χ3v) is 7.65. The lowest BCUT2D eigenvalue weighted by Gasteiger charge is -2.42. The molecule has 35 heavy (non-hydrogen) atoms. The Kier molecular flexibility index (Phi) is 7.03. The van der Waals surface area contributed by atoms with E-state index in [1.54, 1.807) is 36.2 Å². The van der Waals surface area contributed by atoms with Crippen LogP contribution in [-0.4, -0.2) is 85.7 Å². The van der Waals surface area contributed by atoms with Crippen molar-refractivity contribution in [1.82, 2.24) is 9.80 Å². The maximum Gasteiger partial charge on any atom is 0.265 e. The lowest BCUT2D eigenvalue weighted by molar-refractivity contribution is -0.146. The van der Waals surface area contributed by atoms with Gasteiger partial charge in [0.05, 0.1) is 42.2 Å². The molecule has 2 aromatic rings. The highest BCUT2D eigenvalue weighted by Crippen LogP contribution is 2.33. The summed E-state index contributed by atoms with van der Waals surface area (Å²) in [6.45, 7) is 2.65. The van der Waals surface area contributed by atoms with Crippen LogP contribution in [0, 0.1) is 0 Å². The van der Waals surface area contributed by atoms with E-state index in [0.717, 1.165) is 6.42 Å². The van der Waals surface area contributed by atoms with E-state index < -0.39 is 0 Å². The van der Waals surface area contributed by atoms with E-state index in [1.807, 2.05) is 16.3 Å². The van der Waals surface area contributed by atoms with Gasteiger partial charge in [-0.1, -0.05) is 6.07 Å². The molecular formula is C25H29N3O6S. The molecule has 1 aromatic heterocycles. The molecule has 2 fully saturated rings. The minimum absolute atomic E-state index is 0.0791. The van der Waals surface area contributed by atoms with Crippen molar-refractivity contribution in [1.29, 1.82) is 0 Å². The third-order valence-electron chi connectivity index (χ3n) is 6.78. The van der Waals surface area contributed by atoms with Crippen molar-refractivity contribution >= 4 is 34.7 Å². The van der Waals surface area contributed by atoms with E-state index >= 15 is 0 Å². The summed E-state index contributed by atoms with van der Waals surface area (Å²) in [4.78, 5) is 42.6. The van der Waals surface area contributed by atoms with Crippen molar-refractivity contribution in [2.45, 2.75) is 37.5 Å². The molecule has 0 spiro atoms. The standard InChI is InChI=1S/C25H29N3O6S/c1-27-19-6-5-17(14-23(29)28-8-10-32-11-9-28)34-21(19)15-33-20-7-4-16(13-18(20)25(27)31)26-24(30)22-3-2-12-35-22/h2-4,7,12-13,17,19,21H,5-6,8-11,14-15H2,1H3,(H,26,30)/t17-,19+,21+/m1/s1. The average Bonchev–Trinajstić information content (AvgIpc) is 3.42. The number of carbonyl (C=O) groups excluding carboxylic acids is 3. The number of anilines is 1. The van der Waals surface area contributed by atoms with E-state index in [9.17, 15) is 14.4 Å². The van der Waals surface area contributed by atoms with Gasteiger partial charge in [0.1, 0.15) is 18.5 Å². The van der Waals surface area contributed by atoms with Gasteiger partial charge < -0.3 is 29.3 Å². The van der Waals surface area contributed by atoms with Gasteiger partial charge in [0.25, 0.3) is 11.8 Å². The average molecular weight is 500 g/mol. The van der Waals surface area contributed by atoms with Gasteiger partial charge in [0.2, 0.25) is 5.91 Å². The Morgan fingerprint density at radius 3 is 2.77 bits per heavy atom. The van der Waals surface area contributed by atoms with Crippen molar-refractivity contribution in [2.24, 2.45) is 0 Å². The summed E-state index contributed by atoms with van der Waals surface area (Å²) in [6.07, 6.45) is 1.21. The minimum Gasteiger partial charge on any atom is -0.490 e. The van der Waals surface area contributed by atoms with Gasteiger partial charge in [-0.2, -0.15) is 0 Å². The number of benzene rings is 1. The van der Waals surface area contributed by atoms with Crippen LogP contribution in [0.15, 0.2) is 35.7 Å². The normalized spacial score (nSPS) is 24.5. The number of ether oxygens (including phenoxy) is 3. The van der Waals surface area contributed by atoms with Crippen molar-refractivity contribution in [3.8, 4) is 5.75 Å². The number of likely N-dealkylation sites (N-methyl/N-ethyl adjacent to an activating group) is 1. The first kappa shape index (κ1) is 23.8. The van der Waals surface area contributed by atoms with E-state index in [4.69, 9.17) is 14.2 Å². The Labute approximate surface area is 207 Å². The van der Waals surface area contributed by atoms with Crippen LogP contribution in [0.2, 0.25) is 0 Å². The van der Waals surface area contributed by atoms with Gasteiger partial charge in [-0.25, -0.2) is 0 Å². The molecule has 3 atom stereocenters. The lowest BCUT2D eigenvalue weighted by Crippen LogP contribution is -2.54. The van der Waals surface area contributed by atoms with Gasteiger partial charge in [-0.3, -0.25) is 14.4 Å². The molecule has 3 aliphatic heterocycles. The summed E-state index contributed by atoms with van der Waals surface area (Å²) >= 11 is 1.36. The van der Waals surface area contributed by atoms with Crippen molar-refractivity contribution in [3.05, 3.63) is 46.2 Å². The molecule has 0 aliphatic carbocycles. The highest BCUT2D eigenvalue weighted by atomic mass is 32.1. The first-order valence-electron chi connectivity index (χ1n) is 11.9. The molecule has 3 aliphatic rings. The zero-order valence-corrected chi connectivity index (χ0v) is 20.4. The molecule has 10 heteroatoms. The van der Waals surface area contributed by atoms with Crippen LogP contribution in [0.5, 0.6) is 5.75 Å². The van der Waals surface area contributed by atoms with Gasteiger partial charge >= 0.3 is 0 Å². The summed E-state index contributed by atoms with van der Waals surface area (Å²) in [7, 11) is 1.77. The van der Waals surface area contributed by atoms with Crippen LogP contribution in [0.1, 0.15) is 39.3 Å². The Morgan fingerprint density at radius 1 is 1.17 bits per heavy atom. The van der Waals surface area contributed by atoms with E-state index in [1.165, 1.54) is 11.3 Å². The fourth-order valence-electron chi connectivity index (χ4n) is 4.84. The molecule has 0 saturated carbocycles. The summed E-state index contributed by atoms with van der Waals surface area (Å²) in [5.74, 6) is 0.124. The largest absolute Gasteiger partial charge is 0.490 e. The molecule has 5 rings (SSSR count). The van der Waals surface area contributed by atoms with Gasteiger partial charge in [-0.15, -0.1) is 11.3 Å². The van der Waals surface area contributed by atoms with Crippen LogP contribution < -0.4 is 10.1 Å². The highest BCUT2D eigenvalue weighted by Gasteiger charge is 2.39. The summed E-state index contributed by atoms with van der Waals surface area (Å²) in [5.41, 5.74) is 0.936. The molecule has 2 saturated heterocycles. The Bertz CT molecular complexity index is 1080. The molecule has 0 unspecified atom stereocenters. The van der Waals surface area contributed by atoms with Crippen molar-refractivity contribution in [3.63, 3.8) is 0 Å². The maximum absolute atomic E-state index is 13.4. The smallest absolute Gasteiger partial charge is 0.265 e. The van der Waals surface area contributed by atoms with Crippen LogP contribution in [0.25, 0.3) is 0 Å². The number of hydrogen-bond acceptors (Lipinski definition) is 7. The second-order valence-electron chi connectivity index (χ2n) is 9.01. The quantitative estimate of drug-likeness (QED) is 0.695. The van der Waals surface area contributed by atoms with Crippen LogP contribution in [0.4, 0.5) is 5.69 Å². The fourth-order valence-corrected chi connectivity index (χ4v) is 5.46. The predicted octanol–water partition coefficient (Wildman–Crippen LogP) is 2.63. The molecule has 0 bridgehead atoms. The number of carbonyl (C=O) groups is 3. The zero-order valence-electron chi connectivity index (χ0n) is 19.6. The second-order valence-corrected chi connectivity index (χ2v) is 9.96. The van der Waals surface area contributed by atoms with Crippen molar-refractivity contribution in [2.75, 3.05) is 45.3 Å². The molecule has 4 heterocycles. The van der Waals surface area contributed by atoms with Crippen molar-refractivity contribution < 1.29 is 28.6 Å². The van der Waals surface area contributed by atoms with E-state index in [2.05, 4.69) is 5.32 Å². The van der Waals surface area contributed by atoms with Gasteiger partial charge in [0.15, 0.2) is 0 Å². The number of morpholine rings is 1. The lowest BCUT2D eigenvalue weighted by atomic mass is 9.94. The number of rotatable bonds is 4. The topological polar surface area (TPSA) is 97.4 Å². The number of hydrogen-bond donors (Lipinski definition) is 1. The minimum atomic E-state index is -0.327. The molecule has 1 N–H and O–H groups in total. The summed E-state index contributed by atoms with van der Waals surface area (Å²) in [6, 6.07) is 8.50. The molecule has 3 amide bonds. The highest BCUT2D eigenvalue weighted by molar-refractivity contribution is 7.12. The zero-order chi connectivity index (χ0) is 24.4. The predicted molar refractivity (Wildman–Crippen MR) is 130 cm³/mol. The van der Waals surface area contributed by atoms with Gasteiger partial charge in [0, 0.05) is 25.8 Å². The number of fused-ring (bicyclic) bond motifs is 2. The molecule has 0 radical (unpaired) electrons. The maximum atomic E-state index is 13.4. The summed E-state index contributed by atoms with van der Waals surface area (Å²) < 4.78 is 17.6. The van der Waals surface area contributed by atoms with Gasteiger partial charge in [-0.05, 0) is 42.5 Å². The first-order chi connectivity index (χ1) is 17.0. The second kappa shape index (κ2) is 10.3. The Balaban J connectivity index is 1.27. The molecular weight excluding hydrogens is 470 g/mol. The first-order valence-corrected chi connectivity index (χ1v) is 12.8. The van der Waals surface area contributed by atoms with Crippen LogP contribution in [-0.2, 0) is 14.3 Å². The van der Waals surface area contributed by atoms with E-state index in [-0.39, 0.29) is 42.6 Å². The third kappa shape index (κ3) is 5.19. The number of nitrogens with zero attached hydrogens (tertiary/aromatic N) is 2. The number of thiophene rings is 1. The van der Waals surface area contributed by atoms with E-state index in [0.29, 0.717) is 61.0 Å². The number of amides is 3. The summed E-state index contributed by atoms with van der Waals surface area (Å²) in [5, 5.41) is 4.69.